The van der Waals surface area contributed by atoms with Crippen molar-refractivity contribution in [3.63, 3.8) is 0 Å². The fraction of sp³-hybridized carbons (Fsp3) is 0.565. The topological polar surface area (TPSA) is 74.3 Å². The molecule has 7 heteroatoms. The molecule has 3 unspecified atom stereocenters. The molecule has 2 aliphatic heterocycles. The first-order chi connectivity index (χ1) is 14.6. The van der Waals surface area contributed by atoms with Gasteiger partial charge in [0, 0.05) is 13.7 Å². The summed E-state index contributed by atoms with van der Waals surface area (Å²) in [4.78, 5) is 28.4. The van der Waals surface area contributed by atoms with Crippen LogP contribution in [0.5, 0.6) is 11.5 Å². The van der Waals surface area contributed by atoms with Crippen LogP contribution in [0.1, 0.15) is 44.2 Å². The number of methoxy groups -OCH3 is 2. The average molecular weight is 415 g/mol. The van der Waals surface area contributed by atoms with Gasteiger partial charge in [0.2, 0.25) is 0 Å². The van der Waals surface area contributed by atoms with Crippen molar-refractivity contribution in [1.29, 1.82) is 0 Å². The number of carbonyl (C=O) groups excluding carboxylic acids is 2. The monoisotopic (exact) mass is 415 g/mol. The lowest BCUT2D eigenvalue weighted by Crippen LogP contribution is -2.39. The van der Waals surface area contributed by atoms with E-state index in [1.54, 1.807) is 19.1 Å². The maximum Gasteiger partial charge on any atom is 0.290 e. The smallest absolute Gasteiger partial charge is 0.290 e. The summed E-state index contributed by atoms with van der Waals surface area (Å²) in [6.07, 6.45) is 3.48. The van der Waals surface area contributed by atoms with Gasteiger partial charge in [-0.25, -0.2) is 0 Å². The number of ketones is 1. The third-order valence-corrected chi connectivity index (χ3v) is 6.20. The van der Waals surface area contributed by atoms with E-state index in [1.807, 2.05) is 25.1 Å². The van der Waals surface area contributed by atoms with Crippen molar-refractivity contribution in [2.75, 3.05) is 34.0 Å². The van der Waals surface area contributed by atoms with Crippen LogP contribution >= 0.6 is 0 Å². The number of rotatable bonds is 7. The lowest BCUT2D eigenvalue weighted by Gasteiger charge is -2.35. The minimum atomic E-state index is -0.511. The van der Waals surface area contributed by atoms with E-state index in [0.29, 0.717) is 36.8 Å². The molecule has 162 valence electrons. The lowest BCUT2D eigenvalue weighted by molar-refractivity contribution is -0.135. The average Bonchev–Trinajstić information content (AvgIpc) is 3.05. The molecule has 1 fully saturated rings. The van der Waals surface area contributed by atoms with E-state index in [1.165, 1.54) is 0 Å². The summed E-state index contributed by atoms with van der Waals surface area (Å²) >= 11 is 0. The highest BCUT2D eigenvalue weighted by molar-refractivity contribution is 6.11. The van der Waals surface area contributed by atoms with Crippen molar-refractivity contribution >= 4 is 11.7 Å². The molecule has 0 N–H and O–H groups in total. The van der Waals surface area contributed by atoms with Crippen LogP contribution in [0, 0.1) is 5.92 Å². The van der Waals surface area contributed by atoms with Gasteiger partial charge in [0.15, 0.2) is 23.0 Å². The molecule has 0 radical (unpaired) electrons. The Labute approximate surface area is 176 Å². The Morgan fingerprint density at radius 3 is 2.67 bits per heavy atom. The van der Waals surface area contributed by atoms with Crippen LogP contribution in [-0.2, 0) is 19.1 Å². The summed E-state index contributed by atoms with van der Waals surface area (Å²) in [5, 5.41) is 0. The third kappa shape index (κ3) is 3.45. The Balaban J connectivity index is 1.77. The highest BCUT2D eigenvalue weighted by Crippen LogP contribution is 2.47. The predicted molar refractivity (Wildman–Crippen MR) is 109 cm³/mol. The predicted octanol–water partition coefficient (Wildman–Crippen LogP) is 3.04. The number of fused-ring (bicyclic) bond motifs is 1. The van der Waals surface area contributed by atoms with Crippen LogP contribution in [-0.4, -0.2) is 56.7 Å². The fourth-order valence-corrected chi connectivity index (χ4v) is 4.79. The maximum absolute atomic E-state index is 13.5. The van der Waals surface area contributed by atoms with Gasteiger partial charge in [0.25, 0.3) is 5.91 Å². The standard InChI is InChI=1S/C23H29NO6/c1-4-29-17-10-9-14(13-18(17)28-3)20-19-21(25)15-7-5-6-8-16(15)30-22(19)23(26)24(20)11-12-27-2/h9-10,13,15-16,20H,4-8,11-12H2,1-3H3. The molecule has 0 aromatic heterocycles. The van der Waals surface area contributed by atoms with Crippen molar-refractivity contribution in [1.82, 2.24) is 4.90 Å². The second-order valence-corrected chi connectivity index (χ2v) is 7.89. The zero-order chi connectivity index (χ0) is 21.3. The van der Waals surface area contributed by atoms with Crippen LogP contribution < -0.4 is 9.47 Å². The molecule has 30 heavy (non-hydrogen) atoms. The quantitative estimate of drug-likeness (QED) is 0.682. The molecule has 0 saturated heterocycles. The van der Waals surface area contributed by atoms with Crippen molar-refractivity contribution < 1.29 is 28.5 Å². The summed E-state index contributed by atoms with van der Waals surface area (Å²) in [7, 11) is 3.18. The van der Waals surface area contributed by atoms with Crippen LogP contribution in [0.2, 0.25) is 0 Å². The third-order valence-electron chi connectivity index (χ3n) is 6.20. The van der Waals surface area contributed by atoms with Crippen LogP contribution in [0.4, 0.5) is 0 Å². The normalized spacial score (nSPS) is 25.7. The zero-order valence-corrected chi connectivity index (χ0v) is 17.8. The Morgan fingerprint density at radius 1 is 1.13 bits per heavy atom. The molecule has 0 bridgehead atoms. The summed E-state index contributed by atoms with van der Waals surface area (Å²) < 4.78 is 22.5. The number of amides is 1. The molecule has 3 atom stereocenters. The Morgan fingerprint density at radius 2 is 1.93 bits per heavy atom. The van der Waals surface area contributed by atoms with E-state index in [-0.39, 0.29) is 29.5 Å². The summed E-state index contributed by atoms with van der Waals surface area (Å²) in [5.74, 6) is 1.06. The molecule has 1 amide bonds. The Bertz CT molecular complexity index is 863. The number of hydrogen-bond donors (Lipinski definition) is 0. The summed E-state index contributed by atoms with van der Waals surface area (Å²) in [6.45, 7) is 3.17. The second kappa shape index (κ2) is 8.68. The van der Waals surface area contributed by atoms with Gasteiger partial charge in [0.05, 0.1) is 37.9 Å². The van der Waals surface area contributed by atoms with E-state index in [4.69, 9.17) is 18.9 Å². The van der Waals surface area contributed by atoms with Crippen molar-refractivity contribution in [2.45, 2.75) is 44.8 Å². The van der Waals surface area contributed by atoms with E-state index >= 15 is 0 Å². The van der Waals surface area contributed by atoms with Crippen LogP contribution in [0.15, 0.2) is 29.5 Å². The number of ether oxygens (including phenoxy) is 4. The molecule has 7 nitrogen and oxygen atoms in total. The van der Waals surface area contributed by atoms with Crippen molar-refractivity contribution in [3.05, 3.63) is 35.1 Å². The Kier molecular flexibility index (Phi) is 5.99. The number of carbonyl (C=O) groups is 2. The molecule has 4 rings (SSSR count). The van der Waals surface area contributed by atoms with Crippen LogP contribution in [0.25, 0.3) is 0 Å². The fourth-order valence-electron chi connectivity index (χ4n) is 4.79. The molecule has 1 aliphatic carbocycles. The number of nitrogens with zero attached hydrogens (tertiary/aromatic N) is 1. The molecule has 2 heterocycles. The minimum Gasteiger partial charge on any atom is -0.493 e. The first-order valence-electron chi connectivity index (χ1n) is 10.7. The lowest BCUT2D eigenvalue weighted by atomic mass is 9.77. The minimum absolute atomic E-state index is 0.0482. The van der Waals surface area contributed by atoms with Gasteiger partial charge in [-0.15, -0.1) is 0 Å². The molecular weight excluding hydrogens is 386 g/mol. The van der Waals surface area contributed by atoms with Gasteiger partial charge < -0.3 is 23.8 Å². The molecular formula is C23H29NO6. The largest absolute Gasteiger partial charge is 0.493 e. The van der Waals surface area contributed by atoms with E-state index < -0.39 is 6.04 Å². The van der Waals surface area contributed by atoms with Gasteiger partial charge in [-0.3, -0.25) is 9.59 Å². The maximum atomic E-state index is 13.5. The molecule has 1 saturated carbocycles. The SMILES string of the molecule is CCOc1ccc(C2C3=C(OC4CCCCC4C3=O)C(=O)N2CCOC)cc1OC. The van der Waals surface area contributed by atoms with Gasteiger partial charge in [0.1, 0.15) is 6.10 Å². The number of benzene rings is 1. The van der Waals surface area contributed by atoms with Gasteiger partial charge in [-0.05, 0) is 43.9 Å². The number of hydrogen-bond acceptors (Lipinski definition) is 6. The van der Waals surface area contributed by atoms with E-state index in [0.717, 1.165) is 31.2 Å². The van der Waals surface area contributed by atoms with Gasteiger partial charge >= 0.3 is 0 Å². The molecule has 3 aliphatic rings. The highest BCUT2D eigenvalue weighted by atomic mass is 16.5. The van der Waals surface area contributed by atoms with E-state index in [9.17, 15) is 9.59 Å². The van der Waals surface area contributed by atoms with Crippen molar-refractivity contribution in [2.24, 2.45) is 5.92 Å². The number of Topliss-reactive ketones (excluding diaryl/α,β-unsaturated/α-hetero) is 1. The Hall–Kier alpha value is -2.54. The van der Waals surface area contributed by atoms with Crippen LogP contribution in [0.3, 0.4) is 0 Å². The summed E-state index contributed by atoms with van der Waals surface area (Å²) in [5.41, 5.74) is 1.28. The van der Waals surface area contributed by atoms with Crippen molar-refractivity contribution in [3.8, 4) is 11.5 Å². The second-order valence-electron chi connectivity index (χ2n) is 7.89. The first kappa shape index (κ1) is 20.7. The molecule has 0 spiro atoms. The first-order valence-corrected chi connectivity index (χ1v) is 10.7. The molecule has 1 aromatic rings. The van der Waals surface area contributed by atoms with E-state index in [2.05, 4.69) is 0 Å². The highest BCUT2D eigenvalue weighted by Gasteiger charge is 2.51. The zero-order valence-electron chi connectivity index (χ0n) is 17.8. The molecule has 1 aromatic carbocycles. The summed E-state index contributed by atoms with van der Waals surface area (Å²) in [6, 6.07) is 5.05. The van der Waals surface area contributed by atoms with Gasteiger partial charge in [-0.2, -0.15) is 0 Å². The van der Waals surface area contributed by atoms with Gasteiger partial charge in [-0.1, -0.05) is 12.5 Å².